The number of ether oxygens (including phenoxy) is 8. The van der Waals surface area contributed by atoms with Crippen LogP contribution in [-0.4, -0.2) is 264 Å². The Kier molecular flexibility index (Phi) is 30.7. The summed E-state index contributed by atoms with van der Waals surface area (Å²) in [4.78, 5) is 65.7. The summed E-state index contributed by atoms with van der Waals surface area (Å²) in [5.41, 5.74) is 12.0. The fourth-order valence-electron chi connectivity index (χ4n) is 34.9. The number of hydrazine groups is 1. The first-order valence-electron chi connectivity index (χ1n) is 54.2. The number of nitrogens with zero attached hydrogens (tertiary/aromatic N) is 3. The van der Waals surface area contributed by atoms with Gasteiger partial charge in [0.2, 0.25) is 11.6 Å². The Morgan fingerprint density at radius 2 is 0.940 bits per heavy atom. The number of nitrogens with two attached hydrogens (primary N) is 2. The number of anilines is 1. The molecule has 31 atom stereocenters. The normalized spacial score (nSPS) is 43.2. The molecule has 2 aromatic carbocycles. The number of aliphatic hydroxyl groups is 8. The van der Waals surface area contributed by atoms with Gasteiger partial charge in [0.25, 0.3) is 0 Å². The highest BCUT2D eigenvalue weighted by Crippen LogP contribution is 2.76. The number of carbonyl (C=O) groups is 5. The van der Waals surface area contributed by atoms with Crippen LogP contribution < -0.4 is 17.0 Å². The third-order valence-corrected chi connectivity index (χ3v) is 45.5. The lowest BCUT2D eigenvalue weighted by Gasteiger charge is -2.61. The van der Waals surface area contributed by atoms with E-state index in [9.17, 15) is 83.1 Å². The zero-order valence-electron chi connectivity index (χ0n) is 90.1. The van der Waals surface area contributed by atoms with Crippen LogP contribution in [0.4, 0.5) is 5.69 Å². The third kappa shape index (κ3) is 18.9. The van der Waals surface area contributed by atoms with E-state index in [1.54, 1.807) is 58.2 Å². The number of hydrogen-bond acceptors (Lipinski definition) is 30. The third-order valence-electron chi connectivity index (χ3n) is 41.5. The van der Waals surface area contributed by atoms with Crippen LogP contribution in [0.2, 0.25) is 0 Å². The molecule has 12 saturated carbocycles. The zero-order chi connectivity index (χ0) is 108. The van der Waals surface area contributed by atoms with Crippen molar-refractivity contribution in [3.05, 3.63) is 142 Å². The van der Waals surface area contributed by atoms with Crippen LogP contribution in [0.15, 0.2) is 125 Å². The molecule has 16 aliphatic carbocycles. The summed E-state index contributed by atoms with van der Waals surface area (Å²) in [7, 11) is -8.27. The average molecular weight is 2140 g/mol. The number of Topliss-reactive ketones (excluding diaryl/α,β-unsaturated/α-hetero) is 2. The van der Waals surface area contributed by atoms with E-state index in [0.717, 1.165) is 148 Å². The number of nitrogen functional groups attached to an aromatic ring is 1. The van der Waals surface area contributed by atoms with Gasteiger partial charge < -0.3 is 113 Å². The van der Waals surface area contributed by atoms with Crippen LogP contribution in [-0.2, 0) is 98.9 Å². The molecule has 1 aromatic heterocycles. The predicted octanol–water partition coefficient (Wildman–Crippen LogP) is 15.1. The molecule has 4 saturated heterocycles. The van der Waals surface area contributed by atoms with Gasteiger partial charge in [-0.05, 0) is 342 Å². The number of aromatic nitrogens is 2. The molecule has 13 N–H and O–H groups in total. The minimum atomic E-state index is -2.22. The summed E-state index contributed by atoms with van der Waals surface area (Å²) in [6.07, 6.45) is 34.5. The number of rotatable bonds is 14. The summed E-state index contributed by atoms with van der Waals surface area (Å²) in [5.74, 6) is 4.21. The van der Waals surface area contributed by atoms with Gasteiger partial charge in [-0.2, -0.15) is 5.10 Å². The van der Waals surface area contributed by atoms with E-state index < -0.39 is 128 Å². The molecule has 15 unspecified atom stereocenters. The monoisotopic (exact) mass is 2140 g/mol. The maximum Gasteiger partial charge on any atom is 0.226 e. The van der Waals surface area contributed by atoms with Crippen molar-refractivity contribution in [3.8, 4) is 5.69 Å². The van der Waals surface area contributed by atoms with Gasteiger partial charge in [-0.1, -0.05) is 114 Å². The van der Waals surface area contributed by atoms with Gasteiger partial charge in [-0.3, -0.25) is 30.0 Å². The largest absolute Gasteiger partial charge is 0.393 e. The van der Waals surface area contributed by atoms with Crippen molar-refractivity contribution in [2.45, 2.75) is 267 Å². The summed E-state index contributed by atoms with van der Waals surface area (Å²) in [6, 6.07) is 15.8. The van der Waals surface area contributed by atoms with E-state index in [4.69, 9.17) is 54.6 Å². The number of aldehydes is 1. The predicted molar refractivity (Wildman–Crippen MR) is 569 cm³/mol. The van der Waals surface area contributed by atoms with Crippen LogP contribution in [0.3, 0.4) is 0 Å². The summed E-state index contributed by atoms with van der Waals surface area (Å²) in [6.45, 7) is 31.5. The van der Waals surface area contributed by atoms with E-state index in [2.05, 4.69) is 82.3 Å². The lowest BCUT2D eigenvalue weighted by Crippen LogP contribution is -2.66. The van der Waals surface area contributed by atoms with E-state index in [-0.39, 0.29) is 119 Å². The summed E-state index contributed by atoms with van der Waals surface area (Å²) < 4.78 is 96.5. The molecule has 4 aliphatic heterocycles. The molecule has 20 aliphatic rings. The lowest BCUT2D eigenvalue weighted by atomic mass is 9.44. The standard InChI is InChI=1S/C31H41N2O5P.C24H36NO5P.C24H32O7.C23H30O6.C9H15N2OP.C3H10NOP/c1-29-14-20-16-32-33(22-7-5-6-19(12-22)18-39(3,4)38)25(20)13-21(29)8-9-23-24-10-11-31(37,27(36)17-34)30(24,2)15-26(35)28(23)29;1-22-9-7-16(25-14-31(3,4)30)11-15(22)5-6-17-18-8-10-24(29,20(28)13-26)23(18,2)12-19(27)21(17)22;1-21-8-14(10-25)18(26)7-15(21)3-4-16-17-5-6-23(22(17,2)9-19(27)20(16)21)24(31-13-29-23)11-28-12-30-24;1-20-7-5-15(24)9-14(20)3-4-16-17-6-8-22(21(17,2)10-18(25)19(16)20)23(29-13-27-22)11-26-12-28-23;1-13(2,12)7-8-4-3-5-9(6-8)11-10;1-6(2,5)3-4/h5-7,12-13,16,23-24,26,28,34-35,37H,8-11,14-15,17-18H2,1-4H3;7,9,11,17-19,21,26-27,29H,5-6,8,10,12-14H2,1-4H3;7,10,14,16-17,19-20,27H,3-6,8-9,11-13H2,1-2H3;5,7,9,16-19,25H,3-4,6,8,10-13H2,1-2H3;3-6,11H,7,10H2,1-2H3;3-4H2,1-2H3/t23?,24?,26-,28?,29-,30-,31-;17?,18?,19-,21?,22-,23-,24-;14?,16?,17?,19-,20?,21-,22-,23+,24?;16?,17?,18-,19?,20-,21-,22+,23?;;/m0000../s1. The molecular weight excluding hydrogens is 1980 g/mol. The van der Waals surface area contributed by atoms with Crippen molar-refractivity contribution >= 4 is 75.5 Å². The van der Waals surface area contributed by atoms with E-state index >= 15 is 0 Å². The highest BCUT2D eigenvalue weighted by molar-refractivity contribution is 7.62. The van der Waals surface area contributed by atoms with Crippen molar-refractivity contribution in [2.24, 2.45) is 137 Å². The second-order valence-electron chi connectivity index (χ2n) is 51.5. The second-order valence-corrected chi connectivity index (χ2v) is 65.4. The molecule has 3 aromatic rings. The van der Waals surface area contributed by atoms with Crippen LogP contribution >= 0.6 is 28.6 Å². The Hall–Kier alpha value is -5.89. The molecule has 31 nitrogen and oxygen atoms in total. The van der Waals surface area contributed by atoms with Crippen molar-refractivity contribution < 1.29 is 121 Å². The van der Waals surface area contributed by atoms with E-state index in [0.29, 0.717) is 107 Å². The van der Waals surface area contributed by atoms with Crippen molar-refractivity contribution in [1.29, 1.82) is 0 Å². The van der Waals surface area contributed by atoms with Crippen LogP contribution in [0, 0.1) is 120 Å². The van der Waals surface area contributed by atoms with Gasteiger partial charge >= 0.3 is 0 Å². The lowest BCUT2D eigenvalue weighted by molar-refractivity contribution is -0.257. The maximum atomic E-state index is 12.7. The molecule has 0 radical (unpaired) electrons. The minimum Gasteiger partial charge on any atom is -0.393 e. The number of hydrogen-bond donors (Lipinski definition) is 11. The Labute approximate surface area is 877 Å². The topological polar surface area (TPSA) is 484 Å². The van der Waals surface area contributed by atoms with E-state index in [1.807, 2.05) is 86.6 Å². The smallest absolute Gasteiger partial charge is 0.226 e. The number of ketones is 4. The van der Waals surface area contributed by atoms with E-state index in [1.165, 1.54) is 16.7 Å². The SMILES string of the molecule is CP(C)(=O)CN.CP(C)(=O)Cc1cccc(NN)c1.C[C@]12C=CC(=NCP(C)(C)=O)C=C1CCC1C2[C@@H](O)C[C@@]2(C)C1CC[C@]2(O)C(=O)CO.C[C@]12C=CC(=O)C=C1CCC1C2[C@@H](O)C[C@@]2(C)C1CC[C@@]21OCOC12COCO2.C[C@]12CC(C=O)C(=O)C=C1CCC1C2[C@@H](O)C[C@@]2(C)C1CC[C@@]21OCOC12COCO2.C[C@]12Cc3cnn(-c4cccc(CP(C)(C)=O)c4)c3C=C1CCC1C2[C@@H](O)C[C@@]2(C)C1CC[C@]2(O)C(=O)CO. The molecule has 0 amide bonds. The molecule has 4 spiro atoms. The molecule has 820 valence electrons. The first-order valence-corrected chi connectivity index (χ1v) is 65.4. The Morgan fingerprint density at radius 3 is 1.40 bits per heavy atom. The number of carbonyl (C=O) groups excluding carboxylic acids is 5. The van der Waals surface area contributed by atoms with Gasteiger partial charge in [0.1, 0.15) is 62.3 Å². The first kappa shape index (κ1) is 113. The van der Waals surface area contributed by atoms with Gasteiger partial charge in [0, 0.05) is 68.6 Å². The molecule has 149 heavy (non-hydrogen) atoms. The quantitative estimate of drug-likeness (QED) is 0.0235. The average Bonchev–Trinajstić information content (AvgIpc) is 1.51. The number of aliphatic imine (C=N–C) groups is 1. The number of benzene rings is 2. The highest BCUT2D eigenvalue weighted by atomic mass is 31.2. The fourth-order valence-corrected chi connectivity index (χ4v) is 37.5. The number of nitrogens with one attached hydrogen (secondary N) is 1. The molecule has 5 heterocycles. The van der Waals surface area contributed by atoms with Crippen molar-refractivity contribution in [2.75, 3.05) is 125 Å². The molecule has 16 fully saturated rings. The molecule has 0 bridgehead atoms. The van der Waals surface area contributed by atoms with Gasteiger partial charge in [-0.15, -0.1) is 0 Å². The molecule has 35 heteroatoms. The Bertz CT molecular complexity index is 6100. The Balaban J connectivity index is 0.000000123. The number of allylic oxidation sites excluding steroid dienone is 10. The number of fused-ring (bicyclic) bond motifs is 25. The minimum absolute atomic E-state index is 0.0124. The highest BCUT2D eigenvalue weighted by Gasteiger charge is 2.80. The molecular formula is C114H164N6O25P4. The zero-order valence-corrected chi connectivity index (χ0v) is 93.6. The Morgan fingerprint density at radius 1 is 0.510 bits per heavy atom. The number of aliphatic hydroxyl groups excluding tert-OH is 6. The van der Waals surface area contributed by atoms with Crippen molar-refractivity contribution in [1.82, 2.24) is 9.78 Å². The fraction of sp³-hybridized carbons (Fsp3) is 0.711. The van der Waals surface area contributed by atoms with Gasteiger partial charge in [0.15, 0.2) is 50.3 Å². The maximum absolute atomic E-state index is 12.7. The first-order chi connectivity index (χ1) is 69.9. The summed E-state index contributed by atoms with van der Waals surface area (Å²) in [5, 5.41) is 92.9. The second kappa shape index (κ2) is 40.6. The van der Waals surface area contributed by atoms with Crippen LogP contribution in [0.25, 0.3) is 11.8 Å². The summed E-state index contributed by atoms with van der Waals surface area (Å²) >= 11 is 0. The van der Waals surface area contributed by atoms with Gasteiger partial charge in [0.05, 0.1) is 81.3 Å². The van der Waals surface area contributed by atoms with Gasteiger partial charge in [-0.25, -0.2) is 4.68 Å². The van der Waals surface area contributed by atoms with Crippen molar-refractivity contribution in [3.63, 3.8) is 0 Å². The van der Waals surface area contributed by atoms with Crippen LogP contribution in [0.5, 0.6) is 0 Å². The molecule has 23 rings (SSSR count). The van der Waals surface area contributed by atoms with Crippen LogP contribution in [0.1, 0.15) is 213 Å².